The van der Waals surface area contributed by atoms with Crippen LogP contribution in [0.25, 0.3) is 0 Å². The van der Waals surface area contributed by atoms with Crippen molar-refractivity contribution < 1.29 is 59.9 Å². The maximum Gasteiger partial charge on any atom is 0.335 e. The summed E-state index contributed by atoms with van der Waals surface area (Å²) in [4.78, 5) is 11.0. The molecular formula is C12H20O12. The van der Waals surface area contributed by atoms with Crippen molar-refractivity contribution in [2.75, 3.05) is 6.61 Å². The van der Waals surface area contributed by atoms with Crippen LogP contribution in [0.4, 0.5) is 0 Å². The van der Waals surface area contributed by atoms with Crippen molar-refractivity contribution in [1.82, 2.24) is 0 Å². The molecule has 0 aromatic carbocycles. The Hall–Kier alpha value is -0.930. The molecule has 12 heteroatoms. The average molecular weight is 356 g/mol. The highest BCUT2D eigenvalue weighted by atomic mass is 16.7. The first-order valence-corrected chi connectivity index (χ1v) is 7.07. The third-order valence-electron chi connectivity index (χ3n) is 3.94. The quantitative estimate of drug-likeness (QED) is 0.238. The third-order valence-corrected chi connectivity index (χ3v) is 3.94. The molecule has 0 spiro atoms. The summed E-state index contributed by atoms with van der Waals surface area (Å²) in [7, 11) is 0. The monoisotopic (exact) mass is 356 g/mol. The lowest BCUT2D eigenvalue weighted by atomic mass is 9.97. The number of aliphatic hydroxyl groups is 7. The predicted molar refractivity (Wildman–Crippen MR) is 69.2 cm³/mol. The van der Waals surface area contributed by atoms with Crippen LogP contribution < -0.4 is 0 Å². The van der Waals surface area contributed by atoms with E-state index in [4.69, 9.17) is 19.3 Å². The molecular weight excluding hydrogens is 336 g/mol. The van der Waals surface area contributed by atoms with Crippen LogP contribution in [0.1, 0.15) is 0 Å². The lowest BCUT2D eigenvalue weighted by Crippen LogP contribution is -2.64. The minimum absolute atomic E-state index is 0.748. The van der Waals surface area contributed by atoms with Crippen molar-refractivity contribution in [3.8, 4) is 0 Å². The van der Waals surface area contributed by atoms with Crippen molar-refractivity contribution in [3.63, 3.8) is 0 Å². The molecule has 0 unspecified atom stereocenters. The van der Waals surface area contributed by atoms with Crippen molar-refractivity contribution in [1.29, 1.82) is 0 Å². The molecule has 0 amide bonds. The van der Waals surface area contributed by atoms with Gasteiger partial charge in [-0.2, -0.15) is 0 Å². The first-order valence-electron chi connectivity index (χ1n) is 7.07. The maximum atomic E-state index is 11.0. The Morgan fingerprint density at radius 3 is 2.04 bits per heavy atom. The number of hydrogen-bond acceptors (Lipinski definition) is 11. The summed E-state index contributed by atoms with van der Waals surface area (Å²) >= 11 is 0. The van der Waals surface area contributed by atoms with Gasteiger partial charge in [0.05, 0.1) is 6.61 Å². The highest BCUT2D eigenvalue weighted by molar-refractivity contribution is 5.73. The summed E-state index contributed by atoms with van der Waals surface area (Å²) in [5.41, 5.74) is 0. The van der Waals surface area contributed by atoms with E-state index in [1.807, 2.05) is 0 Å². The van der Waals surface area contributed by atoms with Crippen molar-refractivity contribution in [3.05, 3.63) is 0 Å². The number of rotatable bonds is 4. The number of carboxylic acids is 1. The van der Waals surface area contributed by atoms with Gasteiger partial charge in [0.15, 0.2) is 18.7 Å². The van der Waals surface area contributed by atoms with Crippen LogP contribution in [-0.4, -0.2) is 115 Å². The number of carboxylic acid groups (broad SMARTS) is 1. The molecule has 2 fully saturated rings. The maximum absolute atomic E-state index is 11.0. The van der Waals surface area contributed by atoms with Gasteiger partial charge < -0.3 is 55.1 Å². The van der Waals surface area contributed by atoms with Crippen molar-refractivity contribution >= 4 is 5.97 Å². The smallest absolute Gasteiger partial charge is 0.335 e. The molecule has 140 valence electrons. The lowest BCUT2D eigenvalue weighted by Gasteiger charge is -2.44. The number of aliphatic carboxylic acids is 1. The van der Waals surface area contributed by atoms with E-state index >= 15 is 0 Å². The van der Waals surface area contributed by atoms with Crippen LogP contribution >= 0.6 is 0 Å². The second-order valence-corrected chi connectivity index (χ2v) is 5.56. The number of ether oxygens (including phenoxy) is 3. The zero-order chi connectivity index (χ0) is 18.2. The van der Waals surface area contributed by atoms with Crippen LogP contribution in [0.5, 0.6) is 0 Å². The van der Waals surface area contributed by atoms with E-state index in [0.29, 0.717) is 0 Å². The van der Waals surface area contributed by atoms with Crippen LogP contribution in [0.15, 0.2) is 0 Å². The highest BCUT2D eigenvalue weighted by Gasteiger charge is 2.51. The molecule has 8 N–H and O–H groups in total. The Morgan fingerprint density at radius 2 is 1.50 bits per heavy atom. The van der Waals surface area contributed by atoms with Gasteiger partial charge in [-0.05, 0) is 0 Å². The molecule has 0 saturated carbocycles. The van der Waals surface area contributed by atoms with E-state index in [0.717, 1.165) is 0 Å². The Morgan fingerprint density at radius 1 is 0.875 bits per heavy atom. The predicted octanol–water partition coefficient (Wildman–Crippen LogP) is -5.30. The minimum Gasteiger partial charge on any atom is -0.479 e. The molecule has 0 radical (unpaired) electrons. The van der Waals surface area contributed by atoms with Gasteiger partial charge in [-0.25, -0.2) is 4.79 Å². The first-order chi connectivity index (χ1) is 11.2. The standard InChI is InChI=1S/C12H20O12/c13-1-2-8(5(16)6(17)11(21)22-2)23-12-7(18)3(14)4(15)9(24-12)10(19)20/h2-9,11-18,21H,1H2,(H,19,20)/t2-,3+,4+,5-,6-,7-,8-,9+,11+,12+/m1/s1. The summed E-state index contributed by atoms with van der Waals surface area (Å²) in [5, 5.41) is 76.2. The number of aliphatic hydroxyl groups excluding tert-OH is 7. The fraction of sp³-hybridized carbons (Fsp3) is 0.917. The highest BCUT2D eigenvalue weighted by Crippen LogP contribution is 2.28. The zero-order valence-electron chi connectivity index (χ0n) is 12.2. The zero-order valence-corrected chi connectivity index (χ0v) is 12.2. The molecule has 12 nitrogen and oxygen atoms in total. The first kappa shape index (κ1) is 19.4. The van der Waals surface area contributed by atoms with E-state index in [-0.39, 0.29) is 0 Å². The van der Waals surface area contributed by atoms with Crippen LogP contribution in [0.2, 0.25) is 0 Å². The van der Waals surface area contributed by atoms with Crippen molar-refractivity contribution in [2.24, 2.45) is 0 Å². The molecule has 0 bridgehead atoms. The second kappa shape index (κ2) is 7.53. The van der Waals surface area contributed by atoms with Crippen LogP contribution in [0.3, 0.4) is 0 Å². The topological polar surface area (TPSA) is 207 Å². The van der Waals surface area contributed by atoms with E-state index in [2.05, 4.69) is 0 Å². The number of carbonyl (C=O) groups is 1. The van der Waals surface area contributed by atoms with Crippen molar-refractivity contribution in [2.45, 2.75) is 61.4 Å². The fourth-order valence-electron chi connectivity index (χ4n) is 2.55. The van der Waals surface area contributed by atoms with Gasteiger partial charge in [-0.15, -0.1) is 0 Å². The summed E-state index contributed by atoms with van der Waals surface area (Å²) in [5.74, 6) is -1.63. The van der Waals surface area contributed by atoms with E-state index in [1.54, 1.807) is 0 Å². The summed E-state index contributed by atoms with van der Waals surface area (Å²) in [6.45, 7) is -0.748. The Kier molecular flexibility index (Phi) is 6.09. The Bertz CT molecular complexity index is 444. The number of hydrogen-bond donors (Lipinski definition) is 8. The molecule has 24 heavy (non-hydrogen) atoms. The molecule has 0 aliphatic carbocycles. The van der Waals surface area contributed by atoms with Crippen LogP contribution in [-0.2, 0) is 19.0 Å². The van der Waals surface area contributed by atoms with Gasteiger partial charge in [-0.3, -0.25) is 0 Å². The molecule has 2 aliphatic rings. The fourth-order valence-corrected chi connectivity index (χ4v) is 2.55. The molecule has 10 atom stereocenters. The Labute approximate surface area is 135 Å². The van der Waals surface area contributed by atoms with Gasteiger partial charge in [0.2, 0.25) is 0 Å². The van der Waals surface area contributed by atoms with E-state index in [1.165, 1.54) is 0 Å². The van der Waals surface area contributed by atoms with E-state index < -0.39 is 74.0 Å². The molecule has 0 aromatic rings. The third kappa shape index (κ3) is 3.52. The normalized spacial score (nSPS) is 49.8. The molecule has 2 heterocycles. The summed E-state index contributed by atoms with van der Waals surface area (Å²) < 4.78 is 14.9. The van der Waals surface area contributed by atoms with Gasteiger partial charge in [-0.1, -0.05) is 0 Å². The molecule has 2 rings (SSSR count). The summed E-state index contributed by atoms with van der Waals surface area (Å²) in [6.07, 6.45) is -17.7. The second-order valence-electron chi connectivity index (χ2n) is 5.56. The molecule has 0 aromatic heterocycles. The Balaban J connectivity index is 2.16. The van der Waals surface area contributed by atoms with Crippen LogP contribution in [0, 0.1) is 0 Å². The van der Waals surface area contributed by atoms with Gasteiger partial charge in [0.1, 0.15) is 42.7 Å². The van der Waals surface area contributed by atoms with Gasteiger partial charge >= 0.3 is 5.97 Å². The van der Waals surface area contributed by atoms with E-state index in [9.17, 15) is 40.5 Å². The lowest BCUT2D eigenvalue weighted by molar-refractivity contribution is -0.351. The van der Waals surface area contributed by atoms with Gasteiger partial charge in [0, 0.05) is 0 Å². The summed E-state index contributed by atoms with van der Waals surface area (Å²) in [6, 6.07) is 0. The SMILES string of the molecule is O=C(O)[C@H]1O[C@H](O[C@H]2[C@H](O)[C@@H](O)[C@@H](O)O[C@@H]2CO)[C@H](O)[C@@H](O)[C@@H]1O. The largest absolute Gasteiger partial charge is 0.479 e. The minimum atomic E-state index is -1.93. The molecule has 2 saturated heterocycles. The average Bonchev–Trinajstić information content (AvgIpc) is 2.54. The van der Waals surface area contributed by atoms with Gasteiger partial charge in [0.25, 0.3) is 0 Å². The molecule has 2 aliphatic heterocycles.